The number of ether oxygens (including phenoxy) is 2. The van der Waals surface area contributed by atoms with E-state index in [0.717, 1.165) is 12.8 Å². The predicted molar refractivity (Wildman–Crippen MR) is 126 cm³/mol. The molecule has 0 amide bonds. The van der Waals surface area contributed by atoms with Crippen LogP contribution in [0.2, 0.25) is 0 Å². The molecule has 0 saturated carbocycles. The topological polar surface area (TPSA) is 68.2 Å². The van der Waals surface area contributed by atoms with Gasteiger partial charge in [-0.15, -0.1) is 0 Å². The fraction of sp³-hybridized carbons (Fsp3) is 1.00. The van der Waals surface area contributed by atoms with Crippen molar-refractivity contribution in [3.63, 3.8) is 0 Å². The van der Waals surface area contributed by atoms with E-state index in [0.29, 0.717) is 13.2 Å². The fourth-order valence-corrected chi connectivity index (χ4v) is 3.95. The van der Waals surface area contributed by atoms with E-state index in [1.807, 2.05) is 0 Å². The first kappa shape index (κ1) is 33.6. The van der Waals surface area contributed by atoms with Gasteiger partial charge in [-0.1, -0.05) is 103 Å². The number of hydrogen-bond acceptors (Lipinski definition) is 4. The van der Waals surface area contributed by atoms with Crippen molar-refractivity contribution in [3.05, 3.63) is 0 Å². The molecule has 0 heterocycles. The van der Waals surface area contributed by atoms with Crippen LogP contribution in [0.3, 0.4) is 0 Å². The summed E-state index contributed by atoms with van der Waals surface area (Å²) in [6, 6.07) is 0. The van der Waals surface area contributed by atoms with Crippen LogP contribution in [-0.2, 0) is 25.8 Å². The summed E-state index contributed by atoms with van der Waals surface area (Å²) < 4.78 is 15.6. The molecule has 0 saturated heterocycles. The molecule has 0 bridgehead atoms. The summed E-state index contributed by atoms with van der Waals surface area (Å²) in [5, 5.41) is 0. The summed E-state index contributed by atoms with van der Waals surface area (Å²) in [5.41, 5.74) is 0. The molecule has 0 spiro atoms. The van der Waals surface area contributed by atoms with Crippen molar-refractivity contribution in [2.24, 2.45) is 0 Å². The van der Waals surface area contributed by atoms with Gasteiger partial charge in [0.05, 0.1) is 13.2 Å². The number of methoxy groups -OCH3 is 1. The van der Waals surface area contributed by atoms with Crippen molar-refractivity contribution in [1.29, 1.82) is 0 Å². The third-order valence-electron chi connectivity index (χ3n) is 5.13. The number of hydrogen-bond donors (Lipinski definition) is 2. The first-order valence-corrected chi connectivity index (χ1v) is 14.4. The van der Waals surface area contributed by atoms with Crippen molar-refractivity contribution < 1.29 is 53.3 Å². The Morgan fingerprint density at radius 2 is 1.10 bits per heavy atom. The molecule has 0 aromatic carbocycles. The number of unbranched alkanes of at least 4 members (excludes halogenated alkanes) is 15. The predicted octanol–water partition coefficient (Wildman–Crippen LogP) is 3.51. The molecule has 2 N–H and O–H groups in total. The Kier molecular flexibility index (Phi) is 28.1. The molecule has 0 aliphatic carbocycles. The quantitative estimate of drug-likeness (QED) is 0.133. The molecule has 0 aliphatic rings. The van der Waals surface area contributed by atoms with Crippen LogP contribution in [0.15, 0.2) is 0 Å². The summed E-state index contributed by atoms with van der Waals surface area (Å²) in [5.74, 6) is 0. The van der Waals surface area contributed by atoms with Gasteiger partial charge >= 0.3 is 36.3 Å². The Hall–Kier alpha value is 1.45. The molecule has 176 valence electrons. The first-order chi connectivity index (χ1) is 14.0. The minimum atomic E-state index is -3.62. The number of rotatable bonds is 23. The van der Waals surface area contributed by atoms with Crippen LogP contribution in [0.25, 0.3) is 0 Å². The average Bonchev–Trinajstić information content (AvgIpc) is 2.67. The molecule has 0 radical (unpaired) electrons. The average molecular weight is 478 g/mol. The van der Waals surface area contributed by atoms with Gasteiger partial charge in [0.1, 0.15) is 6.10 Å². The summed E-state index contributed by atoms with van der Waals surface area (Å²) in [7, 11) is 1.58. The third-order valence-corrected chi connectivity index (χ3v) is 5.93. The van der Waals surface area contributed by atoms with Gasteiger partial charge in [-0.3, -0.25) is 0 Å². The molecule has 0 rings (SSSR count). The van der Waals surface area contributed by atoms with Gasteiger partial charge in [0.25, 0.3) is 0 Å². The molecule has 0 fully saturated rings. The van der Waals surface area contributed by atoms with E-state index in [1.54, 1.807) is 7.11 Å². The SMILES string of the molecule is CCCCCCCCCCCCCCCCCCOC(COC)COP(O)(O)=S.[Na+]. The van der Waals surface area contributed by atoms with Gasteiger partial charge in [-0.2, -0.15) is 0 Å². The van der Waals surface area contributed by atoms with Crippen LogP contribution in [0.4, 0.5) is 0 Å². The van der Waals surface area contributed by atoms with Gasteiger partial charge in [0.2, 0.25) is 0 Å². The molecule has 0 aliphatic heterocycles. The van der Waals surface area contributed by atoms with Gasteiger partial charge in [0, 0.05) is 13.7 Å². The van der Waals surface area contributed by atoms with Gasteiger partial charge < -0.3 is 23.8 Å². The summed E-state index contributed by atoms with van der Waals surface area (Å²) in [6.45, 7) is -0.306. The van der Waals surface area contributed by atoms with Crippen LogP contribution < -0.4 is 29.6 Å². The summed E-state index contributed by atoms with van der Waals surface area (Å²) in [4.78, 5) is 18.2. The van der Waals surface area contributed by atoms with Gasteiger partial charge in [-0.25, -0.2) is 0 Å². The maximum Gasteiger partial charge on any atom is 1.00 e. The van der Waals surface area contributed by atoms with E-state index >= 15 is 0 Å². The standard InChI is InChI=1S/C22H47O5PS.Na/c1-3-4-5-6-7-8-9-10-11-12-13-14-15-16-17-18-19-26-22(20-25-2)21-27-28(23,24)29;/h22H,3-21H2,1-2H3,(H2,23,24,29);/q;+1. The molecular weight excluding hydrogens is 430 g/mol. The van der Waals surface area contributed by atoms with E-state index in [4.69, 9.17) is 23.8 Å². The largest absolute Gasteiger partial charge is 1.00 e. The van der Waals surface area contributed by atoms with E-state index in [2.05, 4.69) is 18.7 Å². The molecule has 1 unspecified atom stereocenters. The molecule has 8 heteroatoms. The molecule has 0 aromatic rings. The minimum absolute atomic E-state index is 0. The Labute approximate surface area is 213 Å². The third kappa shape index (κ3) is 27.5. The molecule has 30 heavy (non-hydrogen) atoms. The van der Waals surface area contributed by atoms with Crippen molar-refractivity contribution in [3.8, 4) is 0 Å². The van der Waals surface area contributed by atoms with Crippen molar-refractivity contribution in [1.82, 2.24) is 0 Å². The minimum Gasteiger partial charge on any atom is -0.382 e. The van der Waals surface area contributed by atoms with Crippen LogP contribution in [0.1, 0.15) is 110 Å². The van der Waals surface area contributed by atoms with Crippen LogP contribution in [0, 0.1) is 0 Å². The summed E-state index contributed by atoms with van der Waals surface area (Å²) >= 11 is 4.45. The first-order valence-electron chi connectivity index (χ1n) is 11.8. The van der Waals surface area contributed by atoms with Crippen molar-refractivity contribution in [2.75, 3.05) is 26.9 Å². The second-order valence-electron chi connectivity index (χ2n) is 8.04. The van der Waals surface area contributed by atoms with Crippen LogP contribution in [0.5, 0.6) is 0 Å². The van der Waals surface area contributed by atoms with E-state index in [1.165, 1.54) is 89.9 Å². The summed E-state index contributed by atoms with van der Waals surface area (Å²) in [6.07, 6.45) is 21.2. The van der Waals surface area contributed by atoms with E-state index < -0.39 is 6.72 Å². The Bertz CT molecular complexity index is 385. The zero-order valence-corrected chi connectivity index (χ0v) is 23.7. The monoisotopic (exact) mass is 477 g/mol. The second-order valence-corrected chi connectivity index (χ2v) is 10.7. The zero-order valence-electron chi connectivity index (χ0n) is 20.0. The fourth-order valence-electron chi connectivity index (χ4n) is 3.41. The Balaban J connectivity index is 0. The maximum atomic E-state index is 9.12. The molecule has 1 atom stereocenters. The smallest absolute Gasteiger partial charge is 0.382 e. The molecular formula is C22H47NaO5PS+. The van der Waals surface area contributed by atoms with Crippen molar-refractivity contribution >= 4 is 18.5 Å². The Morgan fingerprint density at radius 1 is 0.700 bits per heavy atom. The Morgan fingerprint density at radius 3 is 1.47 bits per heavy atom. The molecule has 5 nitrogen and oxygen atoms in total. The van der Waals surface area contributed by atoms with E-state index in [-0.39, 0.29) is 42.3 Å². The molecule has 0 aromatic heterocycles. The zero-order chi connectivity index (χ0) is 21.6. The van der Waals surface area contributed by atoms with Gasteiger partial charge in [-0.05, 0) is 18.2 Å². The van der Waals surface area contributed by atoms with Crippen LogP contribution >= 0.6 is 6.72 Å². The second kappa shape index (κ2) is 25.1. The van der Waals surface area contributed by atoms with Crippen molar-refractivity contribution in [2.45, 2.75) is 116 Å². The van der Waals surface area contributed by atoms with E-state index in [9.17, 15) is 0 Å². The van der Waals surface area contributed by atoms with Crippen LogP contribution in [-0.4, -0.2) is 42.8 Å². The normalized spacial score (nSPS) is 12.7. The maximum absolute atomic E-state index is 9.12. The van der Waals surface area contributed by atoms with Gasteiger partial charge in [0.15, 0.2) is 0 Å².